The van der Waals surface area contributed by atoms with Crippen molar-refractivity contribution >= 4 is 40.6 Å². The number of aromatic nitrogens is 1. The van der Waals surface area contributed by atoms with Gasteiger partial charge in [-0.25, -0.2) is 4.98 Å². The highest BCUT2D eigenvalue weighted by atomic mass is 35.5. The number of rotatable bonds is 6. The molecule has 0 aliphatic carbocycles. The normalized spacial score (nSPS) is 13.8. The fraction of sp³-hybridized carbons (Fsp3) is 0.231. The molecule has 1 aliphatic heterocycles. The lowest BCUT2D eigenvalue weighted by atomic mass is 9.89. The van der Waals surface area contributed by atoms with Gasteiger partial charge in [-0.3, -0.25) is 24.5 Å². The minimum Gasteiger partial charge on any atom is -0.337 e. The van der Waals surface area contributed by atoms with Gasteiger partial charge in [-0.15, -0.1) is 0 Å². The number of hydrogen-bond acceptors (Lipinski definition) is 6. The third-order valence-corrected chi connectivity index (χ3v) is 6.49. The molecule has 1 N–H and O–H groups in total. The summed E-state index contributed by atoms with van der Waals surface area (Å²) in [6.45, 7) is 2.66. The molecular formula is C26H23ClN4O5. The van der Waals surface area contributed by atoms with Crippen molar-refractivity contribution in [1.82, 2.24) is 9.88 Å². The monoisotopic (exact) mass is 506 g/mol. The van der Waals surface area contributed by atoms with Crippen LogP contribution in [0.15, 0.2) is 60.8 Å². The second-order valence-electron chi connectivity index (χ2n) is 8.59. The fourth-order valence-corrected chi connectivity index (χ4v) is 4.32. The predicted octanol–water partition coefficient (Wildman–Crippen LogP) is 4.79. The summed E-state index contributed by atoms with van der Waals surface area (Å²) >= 11 is 5.82. The zero-order valence-corrected chi connectivity index (χ0v) is 20.2. The first-order chi connectivity index (χ1) is 17.2. The average Bonchev–Trinajstić information content (AvgIpc) is 2.88. The van der Waals surface area contributed by atoms with E-state index in [9.17, 15) is 24.5 Å². The van der Waals surface area contributed by atoms with Crippen LogP contribution in [0.1, 0.15) is 50.7 Å². The lowest BCUT2D eigenvalue weighted by molar-refractivity contribution is -0.385. The SMILES string of the molecule is Cc1cc(C(=O)N2CCC(c3ccc(NC(=O)C(=O)c4ccc(Cl)cc4)cc3)CC2)ncc1[N+](=O)[O-]. The number of carbonyl (C=O) groups excluding carboxylic acids is 3. The van der Waals surface area contributed by atoms with Crippen molar-refractivity contribution in [3.8, 4) is 0 Å². The quantitative estimate of drug-likeness (QED) is 0.222. The van der Waals surface area contributed by atoms with Crippen molar-refractivity contribution in [3.05, 3.63) is 98.3 Å². The number of piperidine rings is 1. The van der Waals surface area contributed by atoms with E-state index in [1.54, 1.807) is 36.1 Å². The minimum absolute atomic E-state index is 0.112. The second-order valence-corrected chi connectivity index (χ2v) is 9.03. The maximum Gasteiger partial charge on any atom is 0.296 e. The summed E-state index contributed by atoms with van der Waals surface area (Å²) in [7, 11) is 0. The molecule has 9 nitrogen and oxygen atoms in total. The van der Waals surface area contributed by atoms with Crippen molar-refractivity contribution in [2.75, 3.05) is 18.4 Å². The number of nitrogens with zero attached hydrogens (tertiary/aromatic N) is 3. The van der Waals surface area contributed by atoms with Crippen LogP contribution in [0.3, 0.4) is 0 Å². The summed E-state index contributed by atoms with van der Waals surface area (Å²) in [6.07, 6.45) is 2.62. The van der Waals surface area contributed by atoms with Crippen LogP contribution in [0.2, 0.25) is 5.02 Å². The number of aryl methyl sites for hydroxylation is 1. The Labute approximate surface area is 212 Å². The molecule has 1 aromatic heterocycles. The Morgan fingerprint density at radius 1 is 1.06 bits per heavy atom. The zero-order chi connectivity index (χ0) is 25.8. The molecule has 3 aromatic rings. The molecule has 36 heavy (non-hydrogen) atoms. The largest absolute Gasteiger partial charge is 0.337 e. The smallest absolute Gasteiger partial charge is 0.296 e. The first kappa shape index (κ1) is 25.0. The van der Waals surface area contributed by atoms with Crippen molar-refractivity contribution in [1.29, 1.82) is 0 Å². The van der Waals surface area contributed by atoms with E-state index in [-0.39, 0.29) is 28.8 Å². The number of carbonyl (C=O) groups is 3. The summed E-state index contributed by atoms with van der Waals surface area (Å²) in [4.78, 5) is 53.6. The Balaban J connectivity index is 1.32. The summed E-state index contributed by atoms with van der Waals surface area (Å²) in [5, 5.41) is 14.1. The van der Waals surface area contributed by atoms with E-state index in [2.05, 4.69) is 10.3 Å². The highest BCUT2D eigenvalue weighted by Gasteiger charge is 2.26. The number of amides is 2. The molecule has 0 radical (unpaired) electrons. The third-order valence-electron chi connectivity index (χ3n) is 6.23. The van der Waals surface area contributed by atoms with Gasteiger partial charge in [0.15, 0.2) is 0 Å². The Hall–Kier alpha value is -4.11. The fourth-order valence-electron chi connectivity index (χ4n) is 4.19. The van der Waals surface area contributed by atoms with Crippen LogP contribution in [0.4, 0.5) is 11.4 Å². The Kier molecular flexibility index (Phi) is 7.40. The number of pyridine rings is 1. The van der Waals surface area contributed by atoms with Crippen LogP contribution in [-0.2, 0) is 4.79 Å². The zero-order valence-electron chi connectivity index (χ0n) is 19.4. The van der Waals surface area contributed by atoms with E-state index in [4.69, 9.17) is 11.6 Å². The molecular weight excluding hydrogens is 484 g/mol. The molecule has 4 rings (SSSR count). The number of nitrogens with one attached hydrogen (secondary N) is 1. The molecule has 2 heterocycles. The van der Waals surface area contributed by atoms with E-state index in [0.29, 0.717) is 29.4 Å². The number of hydrogen-bond donors (Lipinski definition) is 1. The van der Waals surface area contributed by atoms with E-state index in [1.165, 1.54) is 18.2 Å². The topological polar surface area (TPSA) is 123 Å². The standard InChI is InChI=1S/C26H23ClN4O5/c1-16-14-22(28-15-23(16)31(35)36)26(34)30-12-10-18(11-13-30)17-4-8-21(9-5-17)29-25(33)24(32)19-2-6-20(27)7-3-19/h2-9,14-15,18H,10-13H2,1H3,(H,29,33). The number of Topliss-reactive ketones (excluding diaryl/α,β-unsaturated/α-hetero) is 1. The van der Waals surface area contributed by atoms with Crippen molar-refractivity contribution < 1.29 is 19.3 Å². The van der Waals surface area contributed by atoms with Crippen molar-refractivity contribution in [3.63, 3.8) is 0 Å². The van der Waals surface area contributed by atoms with Gasteiger partial charge in [0, 0.05) is 34.9 Å². The second kappa shape index (κ2) is 10.7. The number of benzene rings is 2. The molecule has 0 saturated carbocycles. The number of likely N-dealkylation sites (tertiary alicyclic amines) is 1. The highest BCUT2D eigenvalue weighted by molar-refractivity contribution is 6.46. The Morgan fingerprint density at radius 3 is 2.28 bits per heavy atom. The summed E-state index contributed by atoms with van der Waals surface area (Å²) in [6, 6.07) is 14.9. The van der Waals surface area contributed by atoms with Crippen LogP contribution in [-0.4, -0.2) is 45.5 Å². The molecule has 1 saturated heterocycles. The van der Waals surface area contributed by atoms with E-state index in [1.807, 2.05) is 12.1 Å². The molecule has 0 atom stereocenters. The number of anilines is 1. The maximum atomic E-state index is 12.8. The molecule has 184 valence electrons. The molecule has 2 aromatic carbocycles. The molecule has 2 amide bonds. The lowest BCUT2D eigenvalue weighted by Gasteiger charge is -2.32. The van der Waals surface area contributed by atoms with Crippen LogP contribution < -0.4 is 5.32 Å². The van der Waals surface area contributed by atoms with Gasteiger partial charge in [0.25, 0.3) is 23.3 Å². The van der Waals surface area contributed by atoms with Gasteiger partial charge in [-0.05, 0) is 73.7 Å². The van der Waals surface area contributed by atoms with Crippen LogP contribution in [0, 0.1) is 17.0 Å². The first-order valence-corrected chi connectivity index (χ1v) is 11.7. The van der Waals surface area contributed by atoms with Gasteiger partial charge in [-0.2, -0.15) is 0 Å². The molecule has 10 heteroatoms. The Bertz CT molecular complexity index is 1320. The molecule has 0 spiro atoms. The van der Waals surface area contributed by atoms with Crippen LogP contribution >= 0.6 is 11.6 Å². The summed E-state index contributed by atoms with van der Waals surface area (Å²) < 4.78 is 0. The van der Waals surface area contributed by atoms with E-state index < -0.39 is 16.6 Å². The minimum atomic E-state index is -0.730. The van der Waals surface area contributed by atoms with Crippen LogP contribution in [0.25, 0.3) is 0 Å². The van der Waals surface area contributed by atoms with Gasteiger partial charge in [0.2, 0.25) is 0 Å². The first-order valence-electron chi connectivity index (χ1n) is 11.3. The Morgan fingerprint density at radius 2 is 1.69 bits per heavy atom. The summed E-state index contributed by atoms with van der Waals surface area (Å²) in [5.74, 6) is -1.38. The van der Waals surface area contributed by atoms with E-state index in [0.717, 1.165) is 24.6 Å². The van der Waals surface area contributed by atoms with Gasteiger partial charge < -0.3 is 10.2 Å². The van der Waals surface area contributed by atoms with Gasteiger partial charge >= 0.3 is 0 Å². The molecule has 0 unspecified atom stereocenters. The number of ketones is 1. The average molecular weight is 507 g/mol. The van der Waals surface area contributed by atoms with Crippen molar-refractivity contribution in [2.24, 2.45) is 0 Å². The third kappa shape index (κ3) is 5.58. The maximum absolute atomic E-state index is 12.8. The molecule has 0 bridgehead atoms. The number of nitro groups is 1. The summed E-state index contributed by atoms with van der Waals surface area (Å²) in [5.41, 5.74) is 2.33. The van der Waals surface area contributed by atoms with Crippen LogP contribution in [0.5, 0.6) is 0 Å². The van der Waals surface area contributed by atoms with Crippen molar-refractivity contribution in [2.45, 2.75) is 25.7 Å². The number of halogens is 1. The van der Waals surface area contributed by atoms with Gasteiger partial charge in [-0.1, -0.05) is 23.7 Å². The van der Waals surface area contributed by atoms with E-state index >= 15 is 0 Å². The molecule has 1 fully saturated rings. The lowest BCUT2D eigenvalue weighted by Crippen LogP contribution is -2.38. The predicted molar refractivity (Wildman–Crippen MR) is 134 cm³/mol. The van der Waals surface area contributed by atoms with Gasteiger partial charge in [0.1, 0.15) is 11.9 Å². The highest BCUT2D eigenvalue weighted by Crippen LogP contribution is 2.30. The van der Waals surface area contributed by atoms with Gasteiger partial charge in [0.05, 0.1) is 4.92 Å². The molecule has 1 aliphatic rings.